The molecule has 0 saturated heterocycles. The second kappa shape index (κ2) is 5.55. The van der Waals surface area contributed by atoms with Gasteiger partial charge in [-0.1, -0.05) is 31.2 Å². The van der Waals surface area contributed by atoms with Crippen molar-refractivity contribution in [2.24, 2.45) is 0 Å². The van der Waals surface area contributed by atoms with Gasteiger partial charge >= 0.3 is 0 Å². The Bertz CT molecular complexity index is 468. The summed E-state index contributed by atoms with van der Waals surface area (Å²) in [6.45, 7) is 5.14. The van der Waals surface area contributed by atoms with Crippen molar-refractivity contribution in [1.82, 2.24) is 15.3 Å². The highest BCUT2D eigenvalue weighted by molar-refractivity contribution is 5.33. The monoisotopic (exact) mass is 227 g/mol. The molecule has 1 aromatic heterocycles. The summed E-state index contributed by atoms with van der Waals surface area (Å²) in [4.78, 5) is 8.31. The van der Waals surface area contributed by atoms with E-state index >= 15 is 0 Å². The molecule has 0 aliphatic heterocycles. The first kappa shape index (κ1) is 11.7. The van der Waals surface area contributed by atoms with Crippen LogP contribution in [-0.4, -0.2) is 16.5 Å². The maximum absolute atomic E-state index is 4.34. The van der Waals surface area contributed by atoms with E-state index < -0.39 is 0 Å². The molecule has 1 heterocycles. The predicted molar refractivity (Wildman–Crippen MR) is 68.7 cm³/mol. The molecule has 88 valence electrons. The summed E-state index contributed by atoms with van der Waals surface area (Å²) in [5.41, 5.74) is 3.56. The standard InChI is InChI=1S/C14H17N3/c1-3-16-14(13-8-9-15-10-17-13)12-7-5-4-6-11(12)2/h4-10,14,16H,3H2,1-2H3. The van der Waals surface area contributed by atoms with Crippen LogP contribution in [-0.2, 0) is 0 Å². The first-order valence-electron chi connectivity index (χ1n) is 5.87. The highest BCUT2D eigenvalue weighted by Crippen LogP contribution is 2.22. The molecule has 0 amide bonds. The lowest BCUT2D eigenvalue weighted by Crippen LogP contribution is -2.23. The Morgan fingerprint density at radius 2 is 2.06 bits per heavy atom. The lowest BCUT2D eigenvalue weighted by Gasteiger charge is -2.19. The second-order valence-corrected chi connectivity index (χ2v) is 3.98. The van der Waals surface area contributed by atoms with Crippen LogP contribution in [0.2, 0.25) is 0 Å². The zero-order chi connectivity index (χ0) is 12.1. The van der Waals surface area contributed by atoms with E-state index in [9.17, 15) is 0 Å². The molecular weight excluding hydrogens is 210 g/mol. The summed E-state index contributed by atoms with van der Waals surface area (Å²) in [6, 6.07) is 10.5. The largest absolute Gasteiger partial charge is 0.305 e. The number of aryl methyl sites for hydroxylation is 1. The molecule has 0 fully saturated rings. The lowest BCUT2D eigenvalue weighted by molar-refractivity contribution is 0.611. The van der Waals surface area contributed by atoms with Crippen LogP contribution in [0.1, 0.15) is 29.8 Å². The third kappa shape index (κ3) is 2.68. The van der Waals surface area contributed by atoms with Crippen molar-refractivity contribution < 1.29 is 0 Å². The fourth-order valence-corrected chi connectivity index (χ4v) is 1.96. The number of hydrogen-bond acceptors (Lipinski definition) is 3. The van der Waals surface area contributed by atoms with Gasteiger partial charge in [0.25, 0.3) is 0 Å². The highest BCUT2D eigenvalue weighted by Gasteiger charge is 2.15. The number of hydrogen-bond donors (Lipinski definition) is 1. The van der Waals surface area contributed by atoms with E-state index in [-0.39, 0.29) is 6.04 Å². The van der Waals surface area contributed by atoms with E-state index in [1.165, 1.54) is 11.1 Å². The fourth-order valence-electron chi connectivity index (χ4n) is 1.96. The lowest BCUT2D eigenvalue weighted by atomic mass is 9.98. The van der Waals surface area contributed by atoms with Crippen molar-refractivity contribution in [2.45, 2.75) is 19.9 Å². The zero-order valence-electron chi connectivity index (χ0n) is 10.2. The molecule has 1 aromatic carbocycles. The average molecular weight is 227 g/mol. The summed E-state index contributed by atoms with van der Waals surface area (Å²) in [5.74, 6) is 0. The van der Waals surface area contributed by atoms with Crippen LogP contribution < -0.4 is 5.32 Å². The first-order chi connectivity index (χ1) is 8.33. The van der Waals surface area contributed by atoms with Gasteiger partial charge in [0.1, 0.15) is 6.33 Å². The van der Waals surface area contributed by atoms with Crippen LogP contribution in [0.4, 0.5) is 0 Å². The van der Waals surface area contributed by atoms with E-state index in [1.54, 1.807) is 12.5 Å². The summed E-state index contributed by atoms with van der Waals surface area (Å²) >= 11 is 0. The Hall–Kier alpha value is -1.74. The quantitative estimate of drug-likeness (QED) is 0.872. The molecule has 3 heteroatoms. The summed E-state index contributed by atoms with van der Waals surface area (Å²) < 4.78 is 0. The van der Waals surface area contributed by atoms with E-state index in [0.717, 1.165) is 12.2 Å². The van der Waals surface area contributed by atoms with Crippen molar-refractivity contribution in [3.63, 3.8) is 0 Å². The topological polar surface area (TPSA) is 37.8 Å². The van der Waals surface area contributed by atoms with Gasteiger partial charge < -0.3 is 5.32 Å². The van der Waals surface area contributed by atoms with Gasteiger partial charge in [0.15, 0.2) is 0 Å². The Kier molecular flexibility index (Phi) is 3.83. The Labute approximate surface area is 102 Å². The molecule has 1 N–H and O–H groups in total. The normalized spacial score (nSPS) is 12.4. The van der Waals surface area contributed by atoms with Gasteiger partial charge in [-0.3, -0.25) is 0 Å². The van der Waals surface area contributed by atoms with Crippen molar-refractivity contribution in [3.05, 3.63) is 59.7 Å². The zero-order valence-corrected chi connectivity index (χ0v) is 10.2. The smallest absolute Gasteiger partial charge is 0.115 e. The van der Waals surface area contributed by atoms with Crippen molar-refractivity contribution in [1.29, 1.82) is 0 Å². The minimum absolute atomic E-state index is 0.143. The third-order valence-electron chi connectivity index (χ3n) is 2.81. The van der Waals surface area contributed by atoms with Gasteiger partial charge in [-0.05, 0) is 30.7 Å². The van der Waals surface area contributed by atoms with Crippen LogP contribution in [0.3, 0.4) is 0 Å². The molecule has 0 aliphatic rings. The van der Waals surface area contributed by atoms with Crippen molar-refractivity contribution >= 4 is 0 Å². The molecule has 0 bridgehead atoms. The minimum atomic E-state index is 0.143. The molecule has 17 heavy (non-hydrogen) atoms. The number of nitrogens with zero attached hydrogens (tertiary/aromatic N) is 2. The maximum atomic E-state index is 4.34. The SMILES string of the molecule is CCNC(c1ccncn1)c1ccccc1C. The molecule has 0 saturated carbocycles. The van der Waals surface area contributed by atoms with Crippen LogP contribution in [0.25, 0.3) is 0 Å². The van der Waals surface area contributed by atoms with Gasteiger partial charge in [-0.25, -0.2) is 9.97 Å². The van der Waals surface area contributed by atoms with Gasteiger partial charge in [-0.15, -0.1) is 0 Å². The van der Waals surface area contributed by atoms with Crippen molar-refractivity contribution in [2.75, 3.05) is 6.54 Å². The number of nitrogens with one attached hydrogen (secondary N) is 1. The van der Waals surface area contributed by atoms with Gasteiger partial charge in [0, 0.05) is 6.20 Å². The van der Waals surface area contributed by atoms with E-state index in [0.29, 0.717) is 0 Å². The minimum Gasteiger partial charge on any atom is -0.305 e. The maximum Gasteiger partial charge on any atom is 0.115 e. The first-order valence-corrected chi connectivity index (χ1v) is 5.87. The van der Waals surface area contributed by atoms with Crippen LogP contribution >= 0.6 is 0 Å². The highest BCUT2D eigenvalue weighted by atomic mass is 14.9. The molecule has 2 rings (SSSR count). The summed E-state index contributed by atoms with van der Waals surface area (Å²) in [6.07, 6.45) is 3.38. The second-order valence-electron chi connectivity index (χ2n) is 3.98. The average Bonchev–Trinajstić information content (AvgIpc) is 2.38. The van der Waals surface area contributed by atoms with E-state index in [1.807, 2.05) is 6.07 Å². The summed E-state index contributed by atoms with van der Waals surface area (Å²) in [5, 5.41) is 3.47. The molecular formula is C14H17N3. The molecule has 2 aromatic rings. The predicted octanol–water partition coefficient (Wildman–Crippen LogP) is 2.48. The Balaban J connectivity index is 2.39. The van der Waals surface area contributed by atoms with Crippen LogP contribution in [0.5, 0.6) is 0 Å². The molecule has 0 aliphatic carbocycles. The van der Waals surface area contributed by atoms with E-state index in [4.69, 9.17) is 0 Å². The van der Waals surface area contributed by atoms with Crippen LogP contribution in [0, 0.1) is 6.92 Å². The number of benzene rings is 1. The molecule has 1 atom stereocenters. The number of rotatable bonds is 4. The van der Waals surface area contributed by atoms with Gasteiger partial charge in [0.05, 0.1) is 11.7 Å². The molecule has 0 spiro atoms. The fraction of sp³-hybridized carbons (Fsp3) is 0.286. The molecule has 3 nitrogen and oxygen atoms in total. The Morgan fingerprint density at radius 3 is 2.71 bits per heavy atom. The molecule has 0 radical (unpaired) electrons. The third-order valence-corrected chi connectivity index (χ3v) is 2.81. The van der Waals surface area contributed by atoms with Crippen LogP contribution in [0.15, 0.2) is 42.9 Å². The van der Waals surface area contributed by atoms with Crippen molar-refractivity contribution in [3.8, 4) is 0 Å². The Morgan fingerprint density at radius 1 is 1.24 bits per heavy atom. The summed E-state index contributed by atoms with van der Waals surface area (Å²) in [7, 11) is 0. The van der Waals surface area contributed by atoms with Gasteiger partial charge in [0.2, 0.25) is 0 Å². The van der Waals surface area contributed by atoms with E-state index in [2.05, 4.69) is 53.4 Å². The number of aromatic nitrogens is 2. The molecule has 1 unspecified atom stereocenters. The van der Waals surface area contributed by atoms with Gasteiger partial charge in [-0.2, -0.15) is 0 Å².